The fraction of sp³-hybridized carbons (Fsp3) is 0. The smallest absolute Gasteiger partial charge is 0.291 e. The minimum Gasteiger partial charge on any atom is -0.328 e. The summed E-state index contributed by atoms with van der Waals surface area (Å²) < 4.78 is 0. The highest BCUT2D eigenvalue weighted by atomic mass is 16.9. The molecule has 72 valence electrons. The Morgan fingerprint density at radius 1 is 1.25 bits per heavy atom. The van der Waals surface area contributed by atoms with Gasteiger partial charge >= 0.3 is 0 Å². The molecule has 12 heavy (non-hydrogen) atoms. The van der Waals surface area contributed by atoms with Crippen LogP contribution < -0.4 is 11.3 Å². The number of nitrogens with zero attached hydrogens (tertiary/aromatic N) is 2. The van der Waals surface area contributed by atoms with E-state index in [1.54, 1.807) is 5.43 Å². The van der Waals surface area contributed by atoms with Gasteiger partial charge in [0.1, 0.15) is 0 Å². The van der Waals surface area contributed by atoms with Crippen molar-refractivity contribution in [1.82, 2.24) is 5.43 Å². The lowest BCUT2D eigenvalue weighted by molar-refractivity contribution is -0.742. The molecule has 11 heteroatoms. The van der Waals surface area contributed by atoms with Gasteiger partial charge in [-0.1, -0.05) is 0 Å². The molecule has 0 aliphatic carbocycles. The summed E-state index contributed by atoms with van der Waals surface area (Å²) in [5.74, 6) is 4.41. The average molecular weight is 186 g/mol. The van der Waals surface area contributed by atoms with Crippen LogP contribution in [0.2, 0.25) is 0 Å². The van der Waals surface area contributed by atoms with Gasteiger partial charge in [-0.15, -0.1) is 20.2 Å². The summed E-state index contributed by atoms with van der Waals surface area (Å²) >= 11 is 0. The van der Waals surface area contributed by atoms with E-state index in [1.165, 1.54) is 0 Å². The minimum atomic E-state index is -1.50. The normalized spacial score (nSPS) is 5.75. The van der Waals surface area contributed by atoms with Crippen molar-refractivity contribution >= 4 is 6.41 Å². The monoisotopic (exact) mass is 186 g/mol. The van der Waals surface area contributed by atoms with E-state index >= 15 is 0 Å². The van der Waals surface area contributed by atoms with E-state index in [-0.39, 0.29) is 0 Å². The summed E-state index contributed by atoms with van der Waals surface area (Å²) in [6, 6.07) is 0. The molecule has 1 amide bonds. The standard InChI is InChI=1S/CH4N2O.2HNO3/c2-3-1-4;2*2-1(3)4/h1H,2H2,(H,3,4);2*(H,2,3,4). The van der Waals surface area contributed by atoms with Crippen molar-refractivity contribution in [3.63, 3.8) is 0 Å². The number of rotatable bonds is 1. The topological polar surface area (TPSA) is 182 Å². The van der Waals surface area contributed by atoms with Gasteiger partial charge in [0.2, 0.25) is 6.41 Å². The number of hydrogen-bond donors (Lipinski definition) is 4. The third-order valence-corrected chi connectivity index (χ3v) is 0.0680. The maximum absolute atomic E-state index is 8.94. The lowest BCUT2D eigenvalue weighted by Crippen LogP contribution is -2.18. The molecule has 0 aliphatic rings. The predicted octanol–water partition coefficient (Wildman–Crippen LogP) is -2.09. The molecule has 0 aliphatic heterocycles. The number of carbonyl (C=O) groups is 1. The number of amides is 1. The summed E-state index contributed by atoms with van der Waals surface area (Å²) in [6.07, 6.45) is 0.403. The molecule has 0 unspecified atom stereocenters. The van der Waals surface area contributed by atoms with Crippen LogP contribution in [0.5, 0.6) is 0 Å². The second-order valence-electron chi connectivity index (χ2n) is 0.760. The zero-order valence-corrected chi connectivity index (χ0v) is 5.48. The van der Waals surface area contributed by atoms with Crippen LogP contribution in [0.4, 0.5) is 0 Å². The molecule has 0 saturated carbocycles. The number of nitrogens with one attached hydrogen (secondary N) is 1. The fourth-order valence-electron chi connectivity index (χ4n) is 0. The second kappa shape index (κ2) is 15.9. The largest absolute Gasteiger partial charge is 0.328 e. The van der Waals surface area contributed by atoms with Gasteiger partial charge in [-0.05, 0) is 0 Å². The Kier molecular flexibility index (Phi) is 21.8. The van der Waals surface area contributed by atoms with Gasteiger partial charge in [-0.25, -0.2) is 5.84 Å². The zero-order chi connectivity index (χ0) is 10.6. The highest BCUT2D eigenvalue weighted by Crippen LogP contribution is 1.38. The Morgan fingerprint density at radius 2 is 1.33 bits per heavy atom. The van der Waals surface area contributed by atoms with Crippen LogP contribution in [0.25, 0.3) is 0 Å². The van der Waals surface area contributed by atoms with E-state index in [0.29, 0.717) is 6.41 Å². The molecule has 5 N–H and O–H groups in total. The van der Waals surface area contributed by atoms with E-state index in [4.69, 9.17) is 35.4 Å². The maximum Gasteiger partial charge on any atom is 0.291 e. The quantitative estimate of drug-likeness (QED) is 0.118. The zero-order valence-electron chi connectivity index (χ0n) is 5.48. The molecule has 0 bridgehead atoms. The van der Waals surface area contributed by atoms with Gasteiger partial charge in [0.15, 0.2) is 0 Å². The SMILES string of the molecule is NNC=O.O=[N+]([O-])O.O=[N+]([O-])O. The molecule has 0 aromatic heterocycles. The van der Waals surface area contributed by atoms with E-state index in [1.807, 2.05) is 0 Å². The van der Waals surface area contributed by atoms with Crippen molar-refractivity contribution in [2.24, 2.45) is 5.84 Å². The first-order chi connectivity index (χ1) is 5.38. The van der Waals surface area contributed by atoms with E-state index in [0.717, 1.165) is 0 Å². The Labute approximate surface area is 64.6 Å². The van der Waals surface area contributed by atoms with Crippen LogP contribution >= 0.6 is 0 Å². The summed E-state index contributed by atoms with van der Waals surface area (Å²) in [5, 5.41) is 27.3. The van der Waals surface area contributed by atoms with Gasteiger partial charge in [-0.3, -0.25) is 10.2 Å². The molecule has 11 nitrogen and oxygen atoms in total. The Morgan fingerprint density at radius 3 is 1.33 bits per heavy atom. The summed E-state index contributed by atoms with van der Waals surface area (Å²) in [5.41, 5.74) is 1.75. The van der Waals surface area contributed by atoms with Crippen LogP contribution in [0.1, 0.15) is 0 Å². The van der Waals surface area contributed by atoms with Gasteiger partial charge in [-0.2, -0.15) is 0 Å². The molecule has 0 saturated heterocycles. The lowest BCUT2D eigenvalue weighted by Gasteiger charge is -1.66. The summed E-state index contributed by atoms with van der Waals surface area (Å²) in [7, 11) is 0. The summed E-state index contributed by atoms with van der Waals surface area (Å²) in [6.45, 7) is 0. The molecule has 0 atom stereocenters. The van der Waals surface area contributed by atoms with Gasteiger partial charge in [0, 0.05) is 0 Å². The Bertz CT molecular complexity index is 113. The number of hydrazine groups is 1. The molecular weight excluding hydrogens is 180 g/mol. The fourth-order valence-corrected chi connectivity index (χ4v) is 0. The average Bonchev–Trinajstić information content (AvgIpc) is 1.85. The van der Waals surface area contributed by atoms with Crippen LogP contribution in [0.3, 0.4) is 0 Å². The van der Waals surface area contributed by atoms with Crippen LogP contribution in [-0.4, -0.2) is 27.0 Å². The highest BCUT2D eigenvalue weighted by molar-refractivity contribution is 5.44. The molecule has 0 aromatic rings. The first kappa shape index (κ1) is 16.4. The second-order valence-corrected chi connectivity index (χ2v) is 0.760. The van der Waals surface area contributed by atoms with Crippen molar-refractivity contribution in [1.29, 1.82) is 0 Å². The minimum absolute atomic E-state index is 0.403. The molecule has 0 fully saturated rings. The van der Waals surface area contributed by atoms with Crippen molar-refractivity contribution in [3.8, 4) is 0 Å². The third kappa shape index (κ3) is 267. The van der Waals surface area contributed by atoms with Crippen LogP contribution in [-0.2, 0) is 4.79 Å². The molecule has 0 radical (unpaired) electrons. The maximum atomic E-state index is 8.94. The van der Waals surface area contributed by atoms with Crippen molar-refractivity contribution in [2.45, 2.75) is 0 Å². The molecule has 0 heterocycles. The van der Waals surface area contributed by atoms with Gasteiger partial charge in [0.25, 0.3) is 10.2 Å². The molecule has 0 spiro atoms. The summed E-state index contributed by atoms with van der Waals surface area (Å²) in [4.78, 5) is 25.7. The van der Waals surface area contributed by atoms with Crippen LogP contribution in [0.15, 0.2) is 0 Å². The van der Waals surface area contributed by atoms with Crippen LogP contribution in [0, 0.1) is 20.2 Å². The Balaban J connectivity index is -0.000000101. The number of hydrogen-bond acceptors (Lipinski definition) is 6. The van der Waals surface area contributed by atoms with Crippen molar-refractivity contribution in [2.75, 3.05) is 0 Å². The number of carbonyl (C=O) groups excluding carboxylic acids is 1. The predicted molar refractivity (Wildman–Crippen MR) is 30.9 cm³/mol. The third-order valence-electron chi connectivity index (χ3n) is 0.0680. The van der Waals surface area contributed by atoms with Crippen molar-refractivity contribution < 1.29 is 25.4 Å². The first-order valence-electron chi connectivity index (χ1n) is 1.94. The Hall–Kier alpha value is -2.17. The van der Waals surface area contributed by atoms with Gasteiger partial charge in [0.05, 0.1) is 0 Å². The van der Waals surface area contributed by atoms with E-state index in [2.05, 4.69) is 5.84 Å². The van der Waals surface area contributed by atoms with Crippen molar-refractivity contribution in [3.05, 3.63) is 20.2 Å². The lowest BCUT2D eigenvalue weighted by atomic mass is 11.4. The molecular formula is CH6N4O7. The highest BCUT2D eigenvalue weighted by Gasteiger charge is 1.65. The van der Waals surface area contributed by atoms with E-state index < -0.39 is 10.2 Å². The molecule has 0 rings (SSSR count). The number of nitrogens with two attached hydrogens (primary N) is 1. The molecule has 0 aromatic carbocycles. The van der Waals surface area contributed by atoms with E-state index in [9.17, 15) is 0 Å². The first-order valence-corrected chi connectivity index (χ1v) is 1.94. The van der Waals surface area contributed by atoms with Gasteiger partial charge < -0.3 is 10.4 Å².